The summed E-state index contributed by atoms with van der Waals surface area (Å²) in [6.07, 6.45) is -15.9. The SMILES string of the molecule is CCCNC(=O)C(Oc1cccc2sc(C(=N)N)cc12)c1ccccc1.COC(=O)CCNC(=O)C(Oc1cccc2sc(C(=N)N)cc12)c1ccccc1.COC(=O)c1ccc(NC(=O)C(Oc2cccc3sc(C(=N)N)cc23)c2ccccc2)cc1.N=C(N)c1cc2c(OC(C(=O)NC3CCN(Cc4ccccc4)CC3)c3ccccc3)cccc2s1.O=C(O)C(F)(F)F.O=C(O)C(F)(F)F.O=C(O)C(F)(F)F.O=CO. The average molecular weight is 2130 g/mol. The maximum absolute atomic E-state index is 13.5. The number of thiophene rings is 4. The number of likely N-dealkylation sites (tertiary alicyclic amines) is 1. The van der Waals surface area contributed by atoms with E-state index in [2.05, 4.69) is 55.2 Å². The Kier molecular flexibility index (Phi) is 44.4. The van der Waals surface area contributed by atoms with Gasteiger partial charge in [-0.3, -0.25) is 55.3 Å². The van der Waals surface area contributed by atoms with Gasteiger partial charge in [-0.2, -0.15) is 39.5 Å². The Morgan fingerprint density at radius 1 is 0.412 bits per heavy atom. The van der Waals surface area contributed by atoms with E-state index in [1.807, 2.05) is 195 Å². The number of carbonyl (C=O) groups excluding carboxylic acids is 6. The molecular formula is C102H98F9N13O20S4. The van der Waals surface area contributed by atoms with Crippen molar-refractivity contribution >= 4 is 175 Å². The summed E-state index contributed by atoms with van der Waals surface area (Å²) < 4.78 is 133. The molecule has 0 saturated carbocycles. The molecule has 14 aromatic rings. The van der Waals surface area contributed by atoms with E-state index in [-0.39, 0.29) is 72.5 Å². The van der Waals surface area contributed by atoms with Crippen LogP contribution in [0.3, 0.4) is 0 Å². The number of hydrogen-bond acceptors (Lipinski definition) is 25. The lowest BCUT2D eigenvalue weighted by molar-refractivity contribution is -0.193. The number of fused-ring (bicyclic) bond motifs is 4. The fourth-order valence-electron chi connectivity index (χ4n) is 13.4. The number of methoxy groups -OCH3 is 2. The van der Waals surface area contributed by atoms with Gasteiger partial charge in [-0.25, -0.2) is 19.2 Å². The number of alkyl halides is 9. The fraction of sp³-hybridized carbons (Fsp3) is 0.196. The predicted molar refractivity (Wildman–Crippen MR) is 543 cm³/mol. The second-order valence-corrected chi connectivity index (χ2v) is 35.3. The minimum Gasteiger partial charge on any atom is -0.483 e. The second kappa shape index (κ2) is 56.4. The van der Waals surface area contributed by atoms with Crippen LogP contribution in [0.1, 0.15) is 115 Å². The predicted octanol–water partition coefficient (Wildman–Crippen LogP) is 18.2. The summed E-state index contributed by atoms with van der Waals surface area (Å²) in [6.45, 7) is 5.33. The molecule has 0 aliphatic carbocycles. The van der Waals surface area contributed by atoms with Crippen LogP contribution in [0.5, 0.6) is 23.0 Å². The van der Waals surface area contributed by atoms with Crippen molar-refractivity contribution < 1.29 is 136 Å². The molecule has 4 aromatic heterocycles. The number of benzene rings is 10. The van der Waals surface area contributed by atoms with Crippen LogP contribution in [0.4, 0.5) is 45.2 Å². The quantitative estimate of drug-likeness (QED) is 0.00653. The number of amides is 4. The molecule has 1 aliphatic heterocycles. The van der Waals surface area contributed by atoms with Gasteiger partial charge in [0.2, 0.25) is 24.4 Å². The highest BCUT2D eigenvalue weighted by atomic mass is 32.1. The monoisotopic (exact) mass is 2120 g/mol. The zero-order valence-corrected chi connectivity index (χ0v) is 81.7. The van der Waals surface area contributed by atoms with Crippen molar-refractivity contribution in [2.24, 2.45) is 22.9 Å². The summed E-state index contributed by atoms with van der Waals surface area (Å²) in [5.41, 5.74) is 27.8. The number of rotatable bonds is 30. The van der Waals surface area contributed by atoms with Crippen molar-refractivity contribution in [2.75, 3.05) is 45.7 Å². The lowest BCUT2D eigenvalue weighted by Crippen LogP contribution is -2.46. The summed E-state index contributed by atoms with van der Waals surface area (Å²) in [6, 6.07) is 84.1. The summed E-state index contributed by atoms with van der Waals surface area (Å²) in [5.74, 6) is -7.90. The largest absolute Gasteiger partial charge is 0.490 e. The third-order valence-corrected chi connectivity index (χ3v) is 24.9. The molecule has 1 fully saturated rings. The van der Waals surface area contributed by atoms with E-state index in [4.69, 9.17) is 108 Å². The van der Waals surface area contributed by atoms with E-state index in [1.165, 1.54) is 65.1 Å². The zero-order chi connectivity index (χ0) is 109. The summed E-state index contributed by atoms with van der Waals surface area (Å²) in [7, 11) is 2.62. The molecule has 0 radical (unpaired) electrons. The van der Waals surface area contributed by atoms with E-state index >= 15 is 0 Å². The van der Waals surface area contributed by atoms with Gasteiger partial charge in [0.05, 0.1) is 45.7 Å². The van der Waals surface area contributed by atoms with E-state index in [1.54, 1.807) is 60.7 Å². The lowest BCUT2D eigenvalue weighted by Gasteiger charge is -2.33. The molecule has 4 amide bonds. The molecule has 1 saturated heterocycles. The lowest BCUT2D eigenvalue weighted by atomic mass is 10.0. The molecule has 15 rings (SSSR count). The Labute approximate surface area is 854 Å². The minimum atomic E-state index is -5.08. The summed E-state index contributed by atoms with van der Waals surface area (Å²) in [4.78, 5) is 115. The minimum absolute atomic E-state index is 0.0164. The molecule has 1 aliphatic rings. The van der Waals surface area contributed by atoms with Crippen LogP contribution in [0.2, 0.25) is 0 Å². The molecular weight excluding hydrogens is 2030 g/mol. The Bertz CT molecular complexity index is 6830. The highest BCUT2D eigenvalue weighted by Gasteiger charge is 2.40. The van der Waals surface area contributed by atoms with Crippen molar-refractivity contribution in [3.8, 4) is 23.0 Å². The summed E-state index contributed by atoms with van der Waals surface area (Å²) >= 11 is 5.66. The Morgan fingerprint density at radius 3 is 0.973 bits per heavy atom. The normalized spacial score (nSPS) is 12.4. The number of hydrogen-bond donors (Lipinski definition) is 16. The maximum atomic E-state index is 13.5. The average Bonchev–Trinajstić information content (AvgIpc) is 1.64. The van der Waals surface area contributed by atoms with Gasteiger partial charge < -0.3 is 93.0 Å². The number of carbonyl (C=O) groups is 10. The Hall–Kier alpha value is -16.9. The number of anilines is 1. The van der Waals surface area contributed by atoms with E-state index < -0.39 is 72.8 Å². The number of nitrogens with one attached hydrogen (secondary N) is 8. The summed E-state index contributed by atoms with van der Waals surface area (Å²) in [5, 5.41) is 74.1. The molecule has 778 valence electrons. The highest BCUT2D eigenvalue weighted by molar-refractivity contribution is 7.22. The molecule has 46 heteroatoms. The highest BCUT2D eigenvalue weighted by Crippen LogP contribution is 2.41. The number of halogens is 9. The topological polar surface area (TPSA) is 558 Å². The third-order valence-electron chi connectivity index (χ3n) is 20.4. The fourth-order valence-corrected chi connectivity index (χ4v) is 17.1. The number of piperidine rings is 1. The molecule has 0 spiro atoms. The van der Waals surface area contributed by atoms with E-state index in [0.717, 1.165) is 90.4 Å². The molecule has 33 nitrogen and oxygen atoms in total. The number of nitrogen functional groups attached to an aromatic ring is 4. The van der Waals surface area contributed by atoms with Crippen molar-refractivity contribution in [2.45, 2.75) is 88.1 Å². The molecule has 10 aromatic carbocycles. The van der Waals surface area contributed by atoms with Gasteiger partial charge in [-0.15, -0.1) is 45.3 Å². The van der Waals surface area contributed by atoms with Crippen LogP contribution in [0, 0.1) is 21.6 Å². The Morgan fingerprint density at radius 2 is 0.696 bits per heavy atom. The van der Waals surface area contributed by atoms with Gasteiger partial charge in [0.15, 0.2) is 0 Å². The van der Waals surface area contributed by atoms with Gasteiger partial charge >= 0.3 is 48.4 Å². The molecule has 4 atom stereocenters. The van der Waals surface area contributed by atoms with Gasteiger partial charge in [0.1, 0.15) is 46.3 Å². The number of aliphatic carboxylic acids is 3. The molecule has 148 heavy (non-hydrogen) atoms. The van der Waals surface area contributed by atoms with E-state index in [9.17, 15) is 68.3 Å². The molecule has 0 bridgehead atoms. The van der Waals surface area contributed by atoms with Crippen LogP contribution in [0.25, 0.3) is 40.3 Å². The molecule has 20 N–H and O–H groups in total. The van der Waals surface area contributed by atoms with E-state index in [0.29, 0.717) is 71.4 Å². The standard InChI is InChI=1S/C29H30N4O2S.C25H21N3O4S.C21H21N3O4S.C20H21N3O2S.3C2HF3O2.CH2O2/c30-28(31)26-18-23-24(12-7-13-25(23)36-26)35-27(21-10-5-2-6-11-21)29(34)32-22-14-16-33(17-15-22)19-20-8-3-1-4-9-20;1-31-25(30)16-10-12-17(13-11-16)28-24(29)22(15-6-3-2-4-7-15)32-19-8-5-9-20-18(19)14-21(33-20)23(26)27;1-27-18(25)10-11-24-21(26)19(13-6-3-2-4-7-13)28-15-8-5-9-16-14(15)12-17(29-16)20(22)23;1-2-11-23-20(24)18(13-7-4-3-5-8-13)25-15-9-6-10-16-14(15)12-17(26-16)19(21)22;3*3-2(4,5)1(6)7;2-1-3/h1-13,18,22,27H,14-17,19H2,(H3,30,31)(H,32,34);2-14,22H,1H3,(H3,26,27)(H,28,29);2-9,12,19H,10-11H2,1H3,(H3,22,23)(H,24,26);3-10,12,18H,2,11H2,1H3,(H3,21,22)(H,23,24);3*(H,6,7);1H,(H,2,3). The van der Waals surface area contributed by atoms with Crippen molar-refractivity contribution in [3.63, 3.8) is 0 Å². The number of nitrogens with two attached hydrogens (primary N) is 4. The van der Waals surface area contributed by atoms with Crippen LogP contribution in [0.15, 0.2) is 273 Å². The first-order valence-electron chi connectivity index (χ1n) is 43.9. The van der Waals surface area contributed by atoms with Crippen LogP contribution < -0.4 is 63.1 Å². The van der Waals surface area contributed by atoms with Crippen LogP contribution in [-0.2, 0) is 59.2 Å². The van der Waals surface area contributed by atoms with Crippen molar-refractivity contribution in [1.82, 2.24) is 20.9 Å². The zero-order valence-electron chi connectivity index (χ0n) is 78.4. The number of nitrogens with zero attached hydrogens (tertiary/aromatic N) is 1. The molecule has 5 heterocycles. The van der Waals surface area contributed by atoms with Crippen LogP contribution >= 0.6 is 45.3 Å². The van der Waals surface area contributed by atoms with Gasteiger partial charge in [-0.05, 0) is 122 Å². The number of ether oxygens (including phenoxy) is 6. The van der Waals surface area contributed by atoms with Crippen molar-refractivity contribution in [1.29, 1.82) is 21.6 Å². The third kappa shape index (κ3) is 35.9. The number of carboxylic acids is 3. The van der Waals surface area contributed by atoms with Gasteiger partial charge in [-0.1, -0.05) is 183 Å². The number of amidine groups is 4. The molecule has 4 unspecified atom stereocenters. The number of carboxylic acid groups (broad SMARTS) is 4. The maximum Gasteiger partial charge on any atom is 0.490 e. The second-order valence-electron chi connectivity index (χ2n) is 30.9. The first-order chi connectivity index (χ1) is 70.4. The van der Waals surface area contributed by atoms with Gasteiger partial charge in [0, 0.05) is 107 Å². The van der Waals surface area contributed by atoms with Gasteiger partial charge in [0.25, 0.3) is 30.1 Å². The smallest absolute Gasteiger partial charge is 0.483 e. The van der Waals surface area contributed by atoms with Crippen molar-refractivity contribution in [3.05, 3.63) is 326 Å². The first kappa shape index (κ1) is 116. The van der Waals surface area contributed by atoms with Crippen LogP contribution in [-0.4, -0.2) is 174 Å². The Balaban J connectivity index is 0.000000224. The number of esters is 2. The first-order valence-corrected chi connectivity index (χ1v) is 47.1.